The maximum absolute atomic E-state index is 11.3. The molecule has 1 rings (SSSR count). The molecule has 1 amide bonds. The Balaban J connectivity index is 2.27. The minimum absolute atomic E-state index is 0.0393. The maximum atomic E-state index is 11.3. The monoisotopic (exact) mass is 215 g/mol. The van der Waals surface area contributed by atoms with Crippen molar-refractivity contribution in [1.29, 1.82) is 0 Å². The van der Waals surface area contributed by atoms with Crippen molar-refractivity contribution >= 4 is 5.91 Å². The van der Waals surface area contributed by atoms with Crippen LogP contribution in [0.5, 0.6) is 0 Å². The predicted octanol–water partition coefficient (Wildman–Crippen LogP) is -1.22. The van der Waals surface area contributed by atoms with E-state index in [1.165, 1.54) is 0 Å². The van der Waals surface area contributed by atoms with Crippen molar-refractivity contribution in [1.82, 2.24) is 15.5 Å². The van der Waals surface area contributed by atoms with Crippen LogP contribution >= 0.6 is 0 Å². The number of hydrogen-bond donors (Lipinski definition) is 3. The number of hydrogen-bond acceptors (Lipinski definition) is 4. The molecule has 88 valence electrons. The molecule has 2 unspecified atom stereocenters. The average Bonchev–Trinajstić information content (AvgIpc) is 2.65. The van der Waals surface area contributed by atoms with Gasteiger partial charge in [0.1, 0.15) is 0 Å². The summed E-state index contributed by atoms with van der Waals surface area (Å²) in [5.74, 6) is 0.0716. The van der Waals surface area contributed by atoms with E-state index in [9.17, 15) is 4.79 Å². The van der Waals surface area contributed by atoms with E-state index < -0.39 is 0 Å². The summed E-state index contributed by atoms with van der Waals surface area (Å²) < 4.78 is 0. The van der Waals surface area contributed by atoms with Crippen molar-refractivity contribution in [2.24, 2.45) is 0 Å². The van der Waals surface area contributed by atoms with E-state index in [1.54, 1.807) is 7.05 Å². The standard InChI is InChI=1S/C10H21N3O2/c1-11-10(15)9-4-3-8(12-9)7-13(2)5-6-14/h8-9,12,14H,3-7H2,1-2H3,(H,11,15). The van der Waals surface area contributed by atoms with Gasteiger partial charge in [0.15, 0.2) is 0 Å². The molecule has 15 heavy (non-hydrogen) atoms. The van der Waals surface area contributed by atoms with Crippen molar-refractivity contribution in [2.45, 2.75) is 24.9 Å². The number of likely N-dealkylation sites (N-methyl/N-ethyl adjacent to an activating group) is 2. The minimum Gasteiger partial charge on any atom is -0.395 e. The smallest absolute Gasteiger partial charge is 0.236 e. The largest absolute Gasteiger partial charge is 0.395 e. The third-order valence-electron chi connectivity index (χ3n) is 2.82. The zero-order valence-corrected chi connectivity index (χ0v) is 9.49. The van der Waals surface area contributed by atoms with E-state index in [0.717, 1.165) is 19.4 Å². The quantitative estimate of drug-likeness (QED) is 0.538. The van der Waals surface area contributed by atoms with Gasteiger partial charge in [-0.3, -0.25) is 4.79 Å². The highest BCUT2D eigenvalue weighted by atomic mass is 16.3. The van der Waals surface area contributed by atoms with Crippen molar-refractivity contribution in [3.63, 3.8) is 0 Å². The molecule has 0 aromatic heterocycles. The molecular weight excluding hydrogens is 194 g/mol. The summed E-state index contributed by atoms with van der Waals surface area (Å²) in [5, 5.41) is 14.7. The summed E-state index contributed by atoms with van der Waals surface area (Å²) in [6.07, 6.45) is 1.92. The van der Waals surface area contributed by atoms with E-state index in [4.69, 9.17) is 5.11 Å². The van der Waals surface area contributed by atoms with E-state index >= 15 is 0 Å². The summed E-state index contributed by atoms with van der Waals surface area (Å²) >= 11 is 0. The Labute approximate surface area is 90.8 Å². The summed E-state index contributed by atoms with van der Waals surface area (Å²) in [4.78, 5) is 13.4. The number of carbonyl (C=O) groups excluding carboxylic acids is 1. The first-order valence-corrected chi connectivity index (χ1v) is 5.44. The number of rotatable bonds is 5. The summed E-state index contributed by atoms with van der Waals surface area (Å²) in [6.45, 7) is 1.75. The Morgan fingerprint density at radius 1 is 1.60 bits per heavy atom. The van der Waals surface area contributed by atoms with Crippen LogP contribution in [0.15, 0.2) is 0 Å². The predicted molar refractivity (Wildman–Crippen MR) is 58.6 cm³/mol. The Bertz CT molecular complexity index is 211. The lowest BCUT2D eigenvalue weighted by Crippen LogP contribution is -2.44. The van der Waals surface area contributed by atoms with Gasteiger partial charge in [-0.2, -0.15) is 0 Å². The second-order valence-corrected chi connectivity index (χ2v) is 4.09. The van der Waals surface area contributed by atoms with Crippen molar-refractivity contribution < 1.29 is 9.90 Å². The molecule has 0 aromatic rings. The topological polar surface area (TPSA) is 64.6 Å². The van der Waals surface area contributed by atoms with Gasteiger partial charge in [0.05, 0.1) is 12.6 Å². The van der Waals surface area contributed by atoms with Crippen LogP contribution in [-0.4, -0.2) is 61.8 Å². The highest BCUT2D eigenvalue weighted by Crippen LogP contribution is 2.13. The molecule has 1 aliphatic heterocycles. The number of nitrogens with zero attached hydrogens (tertiary/aromatic N) is 1. The Morgan fingerprint density at radius 2 is 2.33 bits per heavy atom. The zero-order valence-electron chi connectivity index (χ0n) is 9.49. The molecule has 1 fully saturated rings. The third kappa shape index (κ3) is 3.77. The maximum Gasteiger partial charge on any atom is 0.236 e. The molecule has 1 saturated heterocycles. The highest BCUT2D eigenvalue weighted by Gasteiger charge is 2.28. The lowest BCUT2D eigenvalue weighted by Gasteiger charge is -2.20. The van der Waals surface area contributed by atoms with Crippen molar-refractivity contribution in [2.75, 3.05) is 33.8 Å². The van der Waals surface area contributed by atoms with E-state index in [0.29, 0.717) is 12.6 Å². The number of aliphatic hydroxyl groups excluding tert-OH is 1. The van der Waals surface area contributed by atoms with Crippen LogP contribution in [0.2, 0.25) is 0 Å². The molecule has 3 N–H and O–H groups in total. The van der Waals surface area contributed by atoms with Gasteiger partial charge in [0.25, 0.3) is 0 Å². The van der Waals surface area contributed by atoms with Crippen molar-refractivity contribution in [3.8, 4) is 0 Å². The fourth-order valence-corrected chi connectivity index (χ4v) is 1.98. The molecular formula is C10H21N3O2. The number of nitrogens with one attached hydrogen (secondary N) is 2. The first kappa shape index (κ1) is 12.4. The van der Waals surface area contributed by atoms with Crippen LogP contribution in [0.3, 0.4) is 0 Å². The molecule has 5 heteroatoms. The molecule has 0 aromatic carbocycles. The van der Waals surface area contributed by atoms with E-state index in [2.05, 4.69) is 15.5 Å². The van der Waals surface area contributed by atoms with Crippen molar-refractivity contribution in [3.05, 3.63) is 0 Å². The fourth-order valence-electron chi connectivity index (χ4n) is 1.98. The first-order valence-electron chi connectivity index (χ1n) is 5.44. The third-order valence-corrected chi connectivity index (χ3v) is 2.82. The first-order chi connectivity index (χ1) is 7.17. The van der Waals surface area contributed by atoms with Gasteiger partial charge in [0, 0.05) is 26.2 Å². The molecule has 0 aliphatic carbocycles. The number of amides is 1. The van der Waals surface area contributed by atoms with Crippen LogP contribution in [-0.2, 0) is 4.79 Å². The van der Waals surface area contributed by atoms with Crippen LogP contribution < -0.4 is 10.6 Å². The van der Waals surface area contributed by atoms with Crippen LogP contribution in [0.25, 0.3) is 0 Å². The highest BCUT2D eigenvalue weighted by molar-refractivity contribution is 5.81. The van der Waals surface area contributed by atoms with Gasteiger partial charge in [0.2, 0.25) is 5.91 Å². The Morgan fingerprint density at radius 3 is 2.93 bits per heavy atom. The molecule has 5 nitrogen and oxygen atoms in total. The summed E-state index contributed by atoms with van der Waals surface area (Å²) in [5.41, 5.74) is 0. The normalized spacial score (nSPS) is 25.9. The second-order valence-electron chi connectivity index (χ2n) is 4.09. The lowest BCUT2D eigenvalue weighted by atomic mass is 10.2. The number of carbonyl (C=O) groups is 1. The van der Waals surface area contributed by atoms with E-state index in [-0.39, 0.29) is 18.6 Å². The van der Waals surface area contributed by atoms with Gasteiger partial charge in [-0.1, -0.05) is 0 Å². The molecule has 0 radical (unpaired) electrons. The van der Waals surface area contributed by atoms with Crippen LogP contribution in [0, 0.1) is 0 Å². The van der Waals surface area contributed by atoms with Crippen LogP contribution in [0.4, 0.5) is 0 Å². The molecule has 2 atom stereocenters. The van der Waals surface area contributed by atoms with Gasteiger partial charge in [-0.25, -0.2) is 0 Å². The lowest BCUT2D eigenvalue weighted by molar-refractivity contribution is -0.122. The molecule has 1 aliphatic rings. The average molecular weight is 215 g/mol. The van der Waals surface area contributed by atoms with Gasteiger partial charge < -0.3 is 20.6 Å². The van der Waals surface area contributed by atoms with Gasteiger partial charge in [-0.15, -0.1) is 0 Å². The molecule has 0 saturated carbocycles. The molecule has 1 heterocycles. The van der Waals surface area contributed by atoms with Crippen LogP contribution in [0.1, 0.15) is 12.8 Å². The Hall–Kier alpha value is -0.650. The number of aliphatic hydroxyl groups is 1. The molecule has 0 bridgehead atoms. The minimum atomic E-state index is -0.0393. The van der Waals surface area contributed by atoms with E-state index in [1.807, 2.05) is 7.05 Å². The second kappa shape index (κ2) is 6.05. The Kier molecular flexibility index (Phi) is 5.01. The zero-order chi connectivity index (χ0) is 11.3. The molecule has 0 spiro atoms. The SMILES string of the molecule is CNC(=O)C1CCC(CN(C)CCO)N1. The van der Waals surface area contributed by atoms with Gasteiger partial charge >= 0.3 is 0 Å². The van der Waals surface area contributed by atoms with Gasteiger partial charge in [-0.05, 0) is 19.9 Å². The fraction of sp³-hybridized carbons (Fsp3) is 0.900. The summed E-state index contributed by atoms with van der Waals surface area (Å²) in [6, 6.07) is 0.325. The summed E-state index contributed by atoms with van der Waals surface area (Å²) in [7, 11) is 3.64.